The SMILES string of the molecule is CCOCOC(=O)C1CCC(C(=O)N(C(=O)NC(C)C)C(C)C)CC1. The van der Waals surface area contributed by atoms with Crippen LogP contribution in [0.3, 0.4) is 0 Å². The Morgan fingerprint density at radius 2 is 1.60 bits per heavy atom. The van der Waals surface area contributed by atoms with Gasteiger partial charge in [-0.25, -0.2) is 4.79 Å². The third kappa shape index (κ3) is 6.65. The Balaban J connectivity index is 2.57. The molecule has 1 fully saturated rings. The third-order valence-corrected chi connectivity index (χ3v) is 4.28. The number of carbonyl (C=O) groups is 3. The van der Waals surface area contributed by atoms with Gasteiger partial charge in [-0.1, -0.05) is 0 Å². The fraction of sp³-hybridized carbons (Fsp3) is 0.833. The predicted molar refractivity (Wildman–Crippen MR) is 93.7 cm³/mol. The summed E-state index contributed by atoms with van der Waals surface area (Å²) < 4.78 is 10.1. The number of nitrogens with zero attached hydrogens (tertiary/aromatic N) is 1. The van der Waals surface area contributed by atoms with Crippen LogP contribution in [0.5, 0.6) is 0 Å². The molecule has 0 spiro atoms. The van der Waals surface area contributed by atoms with Crippen LogP contribution in [0.4, 0.5) is 4.79 Å². The van der Waals surface area contributed by atoms with E-state index < -0.39 is 0 Å². The summed E-state index contributed by atoms with van der Waals surface area (Å²) in [5.74, 6) is -0.843. The van der Waals surface area contributed by atoms with Crippen LogP contribution in [0.1, 0.15) is 60.3 Å². The zero-order valence-electron chi connectivity index (χ0n) is 16.0. The highest BCUT2D eigenvalue weighted by Crippen LogP contribution is 2.31. The van der Waals surface area contributed by atoms with Gasteiger partial charge >= 0.3 is 12.0 Å². The van der Waals surface area contributed by atoms with Gasteiger partial charge in [-0.3, -0.25) is 14.5 Å². The van der Waals surface area contributed by atoms with Crippen molar-refractivity contribution in [2.45, 2.75) is 72.4 Å². The molecule has 25 heavy (non-hydrogen) atoms. The molecule has 7 heteroatoms. The first-order valence-electron chi connectivity index (χ1n) is 9.15. The largest absolute Gasteiger partial charge is 0.438 e. The van der Waals surface area contributed by atoms with Crippen LogP contribution in [-0.2, 0) is 19.1 Å². The topological polar surface area (TPSA) is 84.9 Å². The molecule has 7 nitrogen and oxygen atoms in total. The second-order valence-corrected chi connectivity index (χ2v) is 7.03. The summed E-state index contributed by atoms with van der Waals surface area (Å²) in [6, 6.07) is -0.592. The molecule has 3 amide bonds. The van der Waals surface area contributed by atoms with Gasteiger partial charge in [0, 0.05) is 24.6 Å². The fourth-order valence-electron chi connectivity index (χ4n) is 2.98. The summed E-state index contributed by atoms with van der Waals surface area (Å²) in [5.41, 5.74) is 0. The molecule has 1 aliphatic carbocycles. The smallest absolute Gasteiger partial charge is 0.324 e. The molecule has 1 N–H and O–H groups in total. The van der Waals surface area contributed by atoms with Crippen molar-refractivity contribution in [2.24, 2.45) is 11.8 Å². The number of nitrogens with one attached hydrogen (secondary N) is 1. The van der Waals surface area contributed by atoms with Crippen molar-refractivity contribution in [1.29, 1.82) is 0 Å². The van der Waals surface area contributed by atoms with Crippen molar-refractivity contribution in [3.63, 3.8) is 0 Å². The zero-order valence-corrected chi connectivity index (χ0v) is 16.0. The summed E-state index contributed by atoms with van der Waals surface area (Å²) in [7, 11) is 0. The lowest BCUT2D eigenvalue weighted by Crippen LogP contribution is -2.51. The van der Waals surface area contributed by atoms with E-state index in [1.165, 1.54) is 4.90 Å². The maximum absolute atomic E-state index is 12.8. The highest BCUT2D eigenvalue weighted by Gasteiger charge is 2.35. The Kier molecular flexibility index (Phi) is 8.89. The molecular formula is C18H32N2O5. The maximum Gasteiger partial charge on any atom is 0.324 e. The Hall–Kier alpha value is -1.63. The van der Waals surface area contributed by atoms with E-state index in [0.717, 1.165) is 0 Å². The van der Waals surface area contributed by atoms with E-state index in [1.54, 1.807) is 0 Å². The lowest BCUT2D eigenvalue weighted by atomic mass is 9.81. The normalized spacial score (nSPS) is 20.4. The van der Waals surface area contributed by atoms with Crippen molar-refractivity contribution >= 4 is 17.9 Å². The van der Waals surface area contributed by atoms with E-state index >= 15 is 0 Å². The Bertz CT molecular complexity index is 456. The summed E-state index contributed by atoms with van der Waals surface area (Å²) in [4.78, 5) is 38.3. The van der Waals surface area contributed by atoms with Crippen LogP contribution in [0, 0.1) is 11.8 Å². The van der Waals surface area contributed by atoms with E-state index in [0.29, 0.717) is 32.3 Å². The van der Waals surface area contributed by atoms with Crippen LogP contribution in [0.2, 0.25) is 0 Å². The van der Waals surface area contributed by atoms with Crippen molar-refractivity contribution in [3.05, 3.63) is 0 Å². The number of hydrogen-bond acceptors (Lipinski definition) is 5. The molecule has 0 aromatic carbocycles. The second kappa shape index (κ2) is 10.4. The summed E-state index contributed by atoms with van der Waals surface area (Å²) in [6.45, 7) is 9.69. The zero-order chi connectivity index (χ0) is 19.0. The molecule has 0 unspecified atom stereocenters. The molecule has 1 aliphatic rings. The molecule has 0 heterocycles. The van der Waals surface area contributed by atoms with Gasteiger partial charge in [0.1, 0.15) is 0 Å². The first-order valence-corrected chi connectivity index (χ1v) is 9.15. The number of ether oxygens (including phenoxy) is 2. The Morgan fingerprint density at radius 3 is 2.08 bits per heavy atom. The van der Waals surface area contributed by atoms with Crippen LogP contribution >= 0.6 is 0 Å². The molecule has 0 aliphatic heterocycles. The van der Waals surface area contributed by atoms with E-state index in [2.05, 4.69) is 5.32 Å². The number of amides is 3. The molecule has 1 rings (SSSR count). The molecule has 1 saturated carbocycles. The van der Waals surface area contributed by atoms with Gasteiger partial charge < -0.3 is 14.8 Å². The molecular weight excluding hydrogens is 324 g/mol. The van der Waals surface area contributed by atoms with E-state index in [4.69, 9.17) is 9.47 Å². The van der Waals surface area contributed by atoms with Crippen molar-refractivity contribution < 1.29 is 23.9 Å². The van der Waals surface area contributed by atoms with Gasteiger partial charge in [-0.2, -0.15) is 0 Å². The number of carbonyl (C=O) groups excluding carboxylic acids is 3. The molecule has 0 saturated heterocycles. The van der Waals surface area contributed by atoms with Crippen LogP contribution < -0.4 is 5.32 Å². The summed E-state index contributed by atoms with van der Waals surface area (Å²) >= 11 is 0. The van der Waals surface area contributed by atoms with Crippen LogP contribution in [0.25, 0.3) is 0 Å². The monoisotopic (exact) mass is 356 g/mol. The molecule has 0 atom stereocenters. The van der Waals surface area contributed by atoms with Crippen molar-refractivity contribution in [3.8, 4) is 0 Å². The number of urea groups is 1. The minimum Gasteiger partial charge on any atom is -0.438 e. The van der Waals surface area contributed by atoms with Crippen LogP contribution in [0.15, 0.2) is 0 Å². The number of rotatable bonds is 7. The predicted octanol–water partition coefficient (Wildman–Crippen LogP) is 2.69. The summed E-state index contributed by atoms with van der Waals surface area (Å²) in [6.07, 6.45) is 2.37. The number of imide groups is 1. The Morgan fingerprint density at radius 1 is 1.04 bits per heavy atom. The highest BCUT2D eigenvalue weighted by atomic mass is 16.7. The van der Waals surface area contributed by atoms with Gasteiger partial charge in [0.05, 0.1) is 5.92 Å². The highest BCUT2D eigenvalue weighted by molar-refractivity contribution is 5.96. The molecule has 0 radical (unpaired) electrons. The van der Waals surface area contributed by atoms with Crippen LogP contribution in [-0.4, -0.2) is 48.3 Å². The molecule has 0 bridgehead atoms. The standard InChI is InChI=1S/C18H32N2O5/c1-6-24-11-25-17(22)15-9-7-14(8-10-15)16(21)20(13(4)5)18(23)19-12(2)3/h12-15H,6-11H2,1-5H3,(H,19,23). The van der Waals surface area contributed by atoms with E-state index in [9.17, 15) is 14.4 Å². The molecule has 0 aromatic rings. The van der Waals surface area contributed by atoms with Gasteiger partial charge in [0.15, 0.2) is 6.79 Å². The average Bonchev–Trinajstić information content (AvgIpc) is 2.54. The first-order chi connectivity index (χ1) is 11.8. The van der Waals surface area contributed by atoms with E-state index in [1.807, 2.05) is 34.6 Å². The lowest BCUT2D eigenvalue weighted by molar-refractivity contribution is -0.163. The quantitative estimate of drug-likeness (QED) is 0.431. The van der Waals surface area contributed by atoms with Gasteiger partial charge in [0.2, 0.25) is 5.91 Å². The fourth-order valence-corrected chi connectivity index (χ4v) is 2.98. The second-order valence-electron chi connectivity index (χ2n) is 7.03. The molecule has 144 valence electrons. The Labute approximate surface area is 150 Å². The van der Waals surface area contributed by atoms with Crippen molar-refractivity contribution in [2.75, 3.05) is 13.4 Å². The minimum absolute atomic E-state index is 0.0231. The minimum atomic E-state index is -0.353. The maximum atomic E-state index is 12.8. The van der Waals surface area contributed by atoms with Crippen molar-refractivity contribution in [1.82, 2.24) is 10.2 Å². The number of esters is 1. The third-order valence-electron chi connectivity index (χ3n) is 4.28. The first kappa shape index (κ1) is 21.4. The van der Waals surface area contributed by atoms with E-state index in [-0.39, 0.29) is 48.6 Å². The van der Waals surface area contributed by atoms with Gasteiger partial charge in [-0.05, 0) is 60.3 Å². The average molecular weight is 356 g/mol. The number of hydrogen-bond donors (Lipinski definition) is 1. The lowest BCUT2D eigenvalue weighted by Gasteiger charge is -2.32. The van der Waals surface area contributed by atoms with Gasteiger partial charge in [-0.15, -0.1) is 0 Å². The molecule has 0 aromatic heterocycles. The summed E-state index contributed by atoms with van der Waals surface area (Å²) in [5, 5.41) is 2.78. The van der Waals surface area contributed by atoms with Gasteiger partial charge in [0.25, 0.3) is 0 Å².